The van der Waals surface area contributed by atoms with Crippen molar-refractivity contribution >= 4 is 34.7 Å². The minimum absolute atomic E-state index is 0.0452. The summed E-state index contributed by atoms with van der Waals surface area (Å²) in [6, 6.07) is 4.58. The highest BCUT2D eigenvalue weighted by molar-refractivity contribution is 8.00. The summed E-state index contributed by atoms with van der Waals surface area (Å²) < 4.78 is 105. The number of benzene rings is 1. The quantitative estimate of drug-likeness (QED) is 0.286. The summed E-state index contributed by atoms with van der Waals surface area (Å²) in [4.78, 5) is 8.26. The van der Waals surface area contributed by atoms with E-state index in [0.717, 1.165) is 0 Å². The summed E-state index contributed by atoms with van der Waals surface area (Å²) in [5, 5.41) is 0. The number of imidazole rings is 1. The Morgan fingerprint density at radius 2 is 1.68 bits per heavy atom. The minimum Gasteiger partial charge on any atom is -0.312 e. The first-order valence-electron chi connectivity index (χ1n) is 8.55. The molecule has 2 aromatic heterocycles. The standard InChI is InChI=1S/C18H13F8N3S2/c1-3-30-13-7-10(31-18(24,25)26)4-5-11(13)14-28-12-6-9(8-27-15(12)29(14)2)16(19,20)17(21,22)23/h4-8H,3H2,1-2H3. The van der Waals surface area contributed by atoms with Crippen LogP contribution in [0.4, 0.5) is 35.1 Å². The van der Waals surface area contributed by atoms with E-state index in [1.54, 1.807) is 6.92 Å². The smallest absolute Gasteiger partial charge is 0.312 e. The van der Waals surface area contributed by atoms with Gasteiger partial charge in [-0.3, -0.25) is 0 Å². The van der Waals surface area contributed by atoms with Crippen LogP contribution in [0.5, 0.6) is 0 Å². The molecular formula is C18H13F8N3S2. The molecule has 0 spiro atoms. The topological polar surface area (TPSA) is 30.7 Å². The first-order chi connectivity index (χ1) is 14.2. The Kier molecular flexibility index (Phi) is 6.22. The molecular weight excluding hydrogens is 474 g/mol. The van der Waals surface area contributed by atoms with Crippen LogP contribution in [0.3, 0.4) is 0 Å². The lowest BCUT2D eigenvalue weighted by molar-refractivity contribution is -0.289. The van der Waals surface area contributed by atoms with Gasteiger partial charge in [0.25, 0.3) is 0 Å². The summed E-state index contributed by atoms with van der Waals surface area (Å²) in [6.45, 7) is 1.79. The van der Waals surface area contributed by atoms with Crippen LogP contribution in [0.25, 0.3) is 22.6 Å². The second-order valence-corrected chi connectivity index (χ2v) is 8.72. The van der Waals surface area contributed by atoms with Gasteiger partial charge in [-0.25, -0.2) is 9.97 Å². The zero-order valence-electron chi connectivity index (χ0n) is 15.8. The van der Waals surface area contributed by atoms with Crippen molar-refractivity contribution in [2.24, 2.45) is 7.05 Å². The van der Waals surface area contributed by atoms with Gasteiger partial charge in [0.2, 0.25) is 0 Å². The lowest BCUT2D eigenvalue weighted by Crippen LogP contribution is -2.33. The fourth-order valence-corrected chi connectivity index (χ4v) is 4.30. The van der Waals surface area contributed by atoms with Crippen molar-refractivity contribution < 1.29 is 35.1 Å². The summed E-state index contributed by atoms with van der Waals surface area (Å²) in [6.07, 6.45) is -5.36. The lowest BCUT2D eigenvalue weighted by atomic mass is 10.1. The van der Waals surface area contributed by atoms with Gasteiger partial charge in [-0.2, -0.15) is 35.1 Å². The summed E-state index contributed by atoms with van der Waals surface area (Å²) in [7, 11) is 1.48. The van der Waals surface area contributed by atoms with Crippen molar-refractivity contribution in [3.8, 4) is 11.4 Å². The predicted octanol–water partition coefficient (Wildman–Crippen LogP) is 7.01. The Hall–Kier alpha value is -2.02. The third kappa shape index (κ3) is 4.76. The van der Waals surface area contributed by atoms with Gasteiger partial charge in [-0.15, -0.1) is 11.8 Å². The molecule has 1 aromatic carbocycles. The number of hydrogen-bond acceptors (Lipinski definition) is 4. The van der Waals surface area contributed by atoms with Crippen LogP contribution in [-0.4, -0.2) is 32.0 Å². The largest absolute Gasteiger partial charge is 0.458 e. The van der Waals surface area contributed by atoms with Gasteiger partial charge in [-0.05, 0) is 41.8 Å². The molecule has 3 nitrogen and oxygen atoms in total. The highest BCUT2D eigenvalue weighted by Crippen LogP contribution is 2.45. The number of halogens is 8. The van der Waals surface area contributed by atoms with Crippen LogP contribution in [0, 0.1) is 0 Å². The van der Waals surface area contributed by atoms with Crippen LogP contribution >= 0.6 is 23.5 Å². The van der Waals surface area contributed by atoms with E-state index < -0.39 is 23.2 Å². The molecule has 0 atom stereocenters. The average Bonchev–Trinajstić information content (AvgIpc) is 2.96. The van der Waals surface area contributed by atoms with E-state index in [-0.39, 0.29) is 33.6 Å². The van der Waals surface area contributed by atoms with E-state index in [4.69, 9.17) is 0 Å². The van der Waals surface area contributed by atoms with Crippen molar-refractivity contribution in [1.82, 2.24) is 14.5 Å². The van der Waals surface area contributed by atoms with E-state index in [2.05, 4.69) is 9.97 Å². The normalized spacial score (nSPS) is 13.2. The lowest BCUT2D eigenvalue weighted by Gasteiger charge is -2.19. The number of nitrogens with zero attached hydrogens (tertiary/aromatic N) is 3. The van der Waals surface area contributed by atoms with Gasteiger partial charge in [0, 0.05) is 28.6 Å². The molecule has 168 valence electrons. The number of fused-ring (bicyclic) bond motifs is 1. The molecule has 0 amide bonds. The molecule has 0 N–H and O–H groups in total. The first-order valence-corrected chi connectivity index (χ1v) is 10.3. The van der Waals surface area contributed by atoms with E-state index in [1.807, 2.05) is 0 Å². The maximum Gasteiger partial charge on any atom is 0.458 e. The van der Waals surface area contributed by atoms with Crippen LogP contribution in [0.1, 0.15) is 12.5 Å². The number of aryl methyl sites for hydroxylation is 1. The number of pyridine rings is 1. The van der Waals surface area contributed by atoms with E-state index in [0.29, 0.717) is 28.5 Å². The SMILES string of the molecule is CCSc1cc(SC(F)(F)F)ccc1-c1nc2cc(C(F)(F)C(F)(F)F)cnc2n1C. The Morgan fingerprint density at radius 3 is 2.26 bits per heavy atom. The highest BCUT2D eigenvalue weighted by atomic mass is 32.2. The highest BCUT2D eigenvalue weighted by Gasteiger charge is 2.59. The zero-order valence-corrected chi connectivity index (χ0v) is 17.4. The molecule has 13 heteroatoms. The maximum atomic E-state index is 13.7. The Labute approximate surface area is 179 Å². The molecule has 3 aromatic rings. The molecule has 0 radical (unpaired) electrons. The molecule has 0 bridgehead atoms. The molecule has 0 aliphatic heterocycles. The van der Waals surface area contributed by atoms with Gasteiger partial charge in [-0.1, -0.05) is 6.92 Å². The maximum absolute atomic E-state index is 13.7. The molecule has 0 saturated heterocycles. The van der Waals surface area contributed by atoms with Crippen molar-refractivity contribution in [1.29, 1.82) is 0 Å². The second-order valence-electron chi connectivity index (χ2n) is 6.27. The number of hydrogen-bond donors (Lipinski definition) is 0. The molecule has 0 saturated carbocycles. The Balaban J connectivity index is 2.11. The van der Waals surface area contributed by atoms with Crippen LogP contribution in [0.15, 0.2) is 40.3 Å². The molecule has 31 heavy (non-hydrogen) atoms. The van der Waals surface area contributed by atoms with Crippen molar-refractivity contribution in [3.63, 3.8) is 0 Å². The molecule has 2 heterocycles. The van der Waals surface area contributed by atoms with Gasteiger partial charge in [0.1, 0.15) is 11.3 Å². The van der Waals surface area contributed by atoms with Crippen LogP contribution in [-0.2, 0) is 13.0 Å². The molecule has 0 aliphatic carbocycles. The second kappa shape index (κ2) is 8.15. The van der Waals surface area contributed by atoms with E-state index in [1.165, 1.54) is 41.6 Å². The van der Waals surface area contributed by atoms with E-state index in [9.17, 15) is 35.1 Å². The first kappa shape index (κ1) is 23.6. The van der Waals surface area contributed by atoms with Crippen molar-refractivity contribution in [2.75, 3.05) is 5.75 Å². The third-order valence-corrected chi connectivity index (χ3v) is 5.81. The summed E-state index contributed by atoms with van der Waals surface area (Å²) in [5.41, 5.74) is -5.56. The molecule has 0 fully saturated rings. The Bertz CT molecular complexity index is 1110. The van der Waals surface area contributed by atoms with Crippen molar-refractivity contribution in [2.45, 2.75) is 34.3 Å². The summed E-state index contributed by atoms with van der Waals surface area (Å²) >= 11 is 0.961. The van der Waals surface area contributed by atoms with Gasteiger partial charge in [0.15, 0.2) is 5.65 Å². The van der Waals surface area contributed by atoms with Gasteiger partial charge >= 0.3 is 17.6 Å². The molecule has 0 aliphatic rings. The third-order valence-electron chi connectivity index (χ3n) is 4.15. The fraction of sp³-hybridized carbons (Fsp3) is 0.333. The average molecular weight is 487 g/mol. The number of thioether (sulfide) groups is 2. The van der Waals surface area contributed by atoms with Gasteiger partial charge < -0.3 is 4.57 Å². The summed E-state index contributed by atoms with van der Waals surface area (Å²) in [5.74, 6) is -4.41. The van der Waals surface area contributed by atoms with E-state index >= 15 is 0 Å². The fourth-order valence-electron chi connectivity index (χ4n) is 2.81. The molecule has 3 rings (SSSR count). The van der Waals surface area contributed by atoms with Crippen LogP contribution in [0.2, 0.25) is 0 Å². The predicted molar refractivity (Wildman–Crippen MR) is 102 cm³/mol. The molecule has 0 unspecified atom stereocenters. The Morgan fingerprint density at radius 1 is 1.00 bits per heavy atom. The zero-order chi connectivity index (χ0) is 23.2. The van der Waals surface area contributed by atoms with Crippen LogP contribution < -0.4 is 0 Å². The van der Waals surface area contributed by atoms with Gasteiger partial charge in [0.05, 0.1) is 5.56 Å². The van der Waals surface area contributed by atoms with Crippen molar-refractivity contribution in [3.05, 3.63) is 36.0 Å². The number of alkyl halides is 8. The number of rotatable bonds is 5. The minimum atomic E-state index is -5.79. The monoisotopic (exact) mass is 487 g/mol. The number of aromatic nitrogens is 3.